The second-order valence-electron chi connectivity index (χ2n) is 7.90. The van der Waals surface area contributed by atoms with Crippen LogP contribution in [0.5, 0.6) is 5.75 Å². The minimum absolute atomic E-state index is 0.00339. The van der Waals surface area contributed by atoms with Crippen molar-refractivity contribution < 1.29 is 13.9 Å². The van der Waals surface area contributed by atoms with Crippen LogP contribution in [0.2, 0.25) is 0 Å². The number of hydrogen-bond donors (Lipinski definition) is 3. The van der Waals surface area contributed by atoms with Gasteiger partial charge >= 0.3 is 0 Å². The second kappa shape index (κ2) is 9.26. The summed E-state index contributed by atoms with van der Waals surface area (Å²) in [5, 5.41) is 9.89. The molecular formula is C23H26FN5O2. The van der Waals surface area contributed by atoms with E-state index in [1.807, 2.05) is 32.0 Å². The van der Waals surface area contributed by atoms with Gasteiger partial charge in [0.05, 0.1) is 5.56 Å². The van der Waals surface area contributed by atoms with Crippen molar-refractivity contribution in [3.05, 3.63) is 54.0 Å². The molecule has 0 aliphatic carbocycles. The number of hydrogen-bond acceptors (Lipinski definition) is 6. The van der Waals surface area contributed by atoms with E-state index in [2.05, 4.69) is 25.9 Å². The molecule has 3 aromatic rings. The van der Waals surface area contributed by atoms with E-state index in [1.165, 1.54) is 12.1 Å². The van der Waals surface area contributed by atoms with E-state index >= 15 is 0 Å². The normalized spacial score (nSPS) is 14.6. The molecule has 8 heteroatoms. The molecule has 1 aromatic heterocycles. The standard InChI is InChI=1S/C23H26FN5O2/c1-14(2)27-22(30)18-7-6-16(12-19(18)24)28-23-26-13-15-4-3-5-20(21(15)29-23)31-17-8-10-25-11-9-17/h3-7,12-14,17,25H,8-11H2,1-2H3,(H,27,30)(H,26,28,29). The Hall–Kier alpha value is -3.26. The molecule has 3 N–H and O–H groups in total. The van der Waals surface area contributed by atoms with Crippen LogP contribution < -0.4 is 20.7 Å². The summed E-state index contributed by atoms with van der Waals surface area (Å²) in [6.45, 7) is 5.53. The summed E-state index contributed by atoms with van der Waals surface area (Å²) in [6, 6.07) is 10.0. The number of aromatic nitrogens is 2. The fourth-order valence-electron chi connectivity index (χ4n) is 3.52. The van der Waals surface area contributed by atoms with Gasteiger partial charge in [-0.3, -0.25) is 4.79 Å². The lowest BCUT2D eigenvalue weighted by Crippen LogP contribution is -2.34. The third-order valence-corrected chi connectivity index (χ3v) is 5.04. The molecule has 0 atom stereocenters. The molecule has 162 valence electrons. The third kappa shape index (κ3) is 5.08. The smallest absolute Gasteiger partial charge is 0.254 e. The second-order valence-corrected chi connectivity index (χ2v) is 7.90. The Morgan fingerprint density at radius 3 is 2.77 bits per heavy atom. The van der Waals surface area contributed by atoms with Gasteiger partial charge in [0.25, 0.3) is 5.91 Å². The van der Waals surface area contributed by atoms with Crippen molar-refractivity contribution >= 4 is 28.4 Å². The molecule has 31 heavy (non-hydrogen) atoms. The summed E-state index contributed by atoms with van der Waals surface area (Å²) in [7, 11) is 0. The molecule has 0 spiro atoms. The van der Waals surface area contributed by atoms with Crippen molar-refractivity contribution in [3.8, 4) is 5.75 Å². The Morgan fingerprint density at radius 1 is 1.23 bits per heavy atom. The highest BCUT2D eigenvalue weighted by Crippen LogP contribution is 2.27. The van der Waals surface area contributed by atoms with Crippen molar-refractivity contribution in [2.24, 2.45) is 0 Å². The number of anilines is 2. The minimum atomic E-state index is -0.612. The first-order valence-corrected chi connectivity index (χ1v) is 10.5. The molecule has 1 aliphatic rings. The molecule has 7 nitrogen and oxygen atoms in total. The van der Waals surface area contributed by atoms with Crippen molar-refractivity contribution in [1.29, 1.82) is 0 Å². The highest BCUT2D eigenvalue weighted by molar-refractivity contribution is 5.95. The molecule has 0 unspecified atom stereocenters. The zero-order chi connectivity index (χ0) is 21.8. The lowest BCUT2D eigenvalue weighted by atomic mass is 10.1. The van der Waals surface area contributed by atoms with Gasteiger partial charge in [-0.25, -0.2) is 14.4 Å². The van der Waals surface area contributed by atoms with Gasteiger partial charge < -0.3 is 20.7 Å². The van der Waals surface area contributed by atoms with E-state index in [9.17, 15) is 9.18 Å². The summed E-state index contributed by atoms with van der Waals surface area (Å²) in [6.07, 6.45) is 3.75. The van der Waals surface area contributed by atoms with Gasteiger partial charge in [0.15, 0.2) is 0 Å². The van der Waals surface area contributed by atoms with Crippen LogP contribution in [0.4, 0.5) is 16.0 Å². The maximum absolute atomic E-state index is 14.5. The highest BCUT2D eigenvalue weighted by atomic mass is 19.1. The van der Waals surface area contributed by atoms with Crippen LogP contribution in [0.15, 0.2) is 42.6 Å². The van der Waals surface area contributed by atoms with Gasteiger partial charge in [-0.1, -0.05) is 12.1 Å². The molecule has 1 fully saturated rings. The SMILES string of the molecule is CC(C)NC(=O)c1ccc(Nc2ncc3cccc(OC4CCNCC4)c3n2)cc1F. The Kier molecular flexibility index (Phi) is 6.27. The van der Waals surface area contributed by atoms with E-state index in [0.717, 1.165) is 31.3 Å². The van der Waals surface area contributed by atoms with Gasteiger partial charge in [0, 0.05) is 23.3 Å². The van der Waals surface area contributed by atoms with Gasteiger partial charge in [0.2, 0.25) is 5.95 Å². The number of nitrogens with zero attached hydrogens (tertiary/aromatic N) is 2. The number of para-hydroxylation sites is 1. The van der Waals surface area contributed by atoms with Crippen LogP contribution in [-0.2, 0) is 0 Å². The molecule has 0 bridgehead atoms. The van der Waals surface area contributed by atoms with Crippen molar-refractivity contribution in [2.45, 2.75) is 38.8 Å². The number of amides is 1. The van der Waals surface area contributed by atoms with E-state index < -0.39 is 11.7 Å². The molecule has 1 saturated heterocycles. The summed E-state index contributed by atoms with van der Waals surface area (Å²) in [4.78, 5) is 21.0. The van der Waals surface area contributed by atoms with E-state index in [0.29, 0.717) is 22.9 Å². The van der Waals surface area contributed by atoms with Gasteiger partial charge in [-0.2, -0.15) is 0 Å². The van der Waals surface area contributed by atoms with E-state index in [-0.39, 0.29) is 17.7 Å². The monoisotopic (exact) mass is 423 g/mol. The Balaban J connectivity index is 1.55. The first-order valence-electron chi connectivity index (χ1n) is 10.5. The van der Waals surface area contributed by atoms with Crippen LogP contribution in [0.1, 0.15) is 37.0 Å². The predicted octanol–water partition coefficient (Wildman–Crippen LogP) is 3.78. The summed E-state index contributed by atoms with van der Waals surface area (Å²) in [5.41, 5.74) is 1.15. The molecule has 0 saturated carbocycles. The molecular weight excluding hydrogens is 397 g/mol. The van der Waals surface area contributed by atoms with Crippen LogP contribution in [0.25, 0.3) is 10.9 Å². The average molecular weight is 423 g/mol. The Bertz CT molecular complexity index is 1080. The molecule has 0 radical (unpaired) electrons. The van der Waals surface area contributed by atoms with Crippen molar-refractivity contribution in [3.63, 3.8) is 0 Å². The number of fused-ring (bicyclic) bond motifs is 1. The zero-order valence-electron chi connectivity index (χ0n) is 17.6. The molecule has 1 amide bonds. The third-order valence-electron chi connectivity index (χ3n) is 5.04. The zero-order valence-corrected chi connectivity index (χ0v) is 17.6. The number of piperidine rings is 1. The van der Waals surface area contributed by atoms with E-state index in [4.69, 9.17) is 4.74 Å². The average Bonchev–Trinajstić information content (AvgIpc) is 2.74. The molecule has 4 rings (SSSR count). The predicted molar refractivity (Wildman–Crippen MR) is 118 cm³/mol. The molecule has 1 aliphatic heterocycles. The van der Waals surface area contributed by atoms with Crippen molar-refractivity contribution in [2.75, 3.05) is 18.4 Å². The van der Waals surface area contributed by atoms with Gasteiger partial charge in [-0.05, 0) is 64.0 Å². The van der Waals surface area contributed by atoms with Gasteiger partial charge in [-0.15, -0.1) is 0 Å². The first kappa shape index (κ1) is 21.0. The Morgan fingerprint density at radius 2 is 2.03 bits per heavy atom. The quantitative estimate of drug-likeness (QED) is 0.559. The Labute approximate surface area is 180 Å². The summed E-state index contributed by atoms with van der Waals surface area (Å²) in [5.74, 6) is -0.0195. The lowest BCUT2D eigenvalue weighted by molar-refractivity contribution is 0.0939. The van der Waals surface area contributed by atoms with Crippen LogP contribution in [0.3, 0.4) is 0 Å². The van der Waals surface area contributed by atoms with Crippen molar-refractivity contribution in [1.82, 2.24) is 20.6 Å². The summed E-state index contributed by atoms with van der Waals surface area (Å²) < 4.78 is 20.7. The topological polar surface area (TPSA) is 88.2 Å². The van der Waals surface area contributed by atoms with E-state index in [1.54, 1.807) is 12.3 Å². The molecule has 2 heterocycles. The maximum Gasteiger partial charge on any atom is 0.254 e. The number of carbonyl (C=O) groups excluding carboxylic acids is 1. The molecule has 2 aromatic carbocycles. The van der Waals surface area contributed by atoms with Crippen LogP contribution >= 0.6 is 0 Å². The van der Waals surface area contributed by atoms with Crippen LogP contribution in [0, 0.1) is 5.82 Å². The number of carbonyl (C=O) groups is 1. The number of nitrogens with one attached hydrogen (secondary N) is 3. The largest absolute Gasteiger partial charge is 0.488 e. The number of halogens is 1. The number of benzene rings is 2. The number of ether oxygens (including phenoxy) is 1. The number of rotatable bonds is 6. The fourth-order valence-corrected chi connectivity index (χ4v) is 3.52. The maximum atomic E-state index is 14.5. The highest BCUT2D eigenvalue weighted by Gasteiger charge is 2.17. The minimum Gasteiger partial charge on any atom is -0.488 e. The van der Waals surface area contributed by atoms with Crippen LogP contribution in [-0.4, -0.2) is 41.1 Å². The fraction of sp³-hybridized carbons (Fsp3) is 0.348. The first-order chi connectivity index (χ1) is 15.0. The summed E-state index contributed by atoms with van der Waals surface area (Å²) >= 11 is 0. The lowest BCUT2D eigenvalue weighted by Gasteiger charge is -2.24. The van der Waals surface area contributed by atoms with Gasteiger partial charge in [0.1, 0.15) is 23.2 Å².